The fourth-order valence-electron chi connectivity index (χ4n) is 3.42. The Morgan fingerprint density at radius 3 is 2.82 bits per heavy atom. The summed E-state index contributed by atoms with van der Waals surface area (Å²) in [5.41, 5.74) is 1.61. The lowest BCUT2D eigenvalue weighted by molar-refractivity contribution is -0.387. The Hall–Kier alpha value is -3.60. The van der Waals surface area contributed by atoms with Crippen LogP contribution < -0.4 is 14.8 Å². The quantitative estimate of drug-likeness (QED) is 0.202. The van der Waals surface area contributed by atoms with Gasteiger partial charge in [-0.3, -0.25) is 10.1 Å². The Morgan fingerprint density at radius 2 is 2.06 bits per heavy atom. The fraction of sp³-hybridized carbons (Fsp3) is 0.318. The maximum absolute atomic E-state index is 12.0. The highest BCUT2D eigenvalue weighted by Gasteiger charge is 2.34. The van der Waals surface area contributed by atoms with E-state index >= 15 is 0 Å². The van der Waals surface area contributed by atoms with Crippen molar-refractivity contribution in [3.63, 3.8) is 0 Å². The molecule has 0 amide bonds. The van der Waals surface area contributed by atoms with E-state index in [1.54, 1.807) is 6.92 Å². The van der Waals surface area contributed by atoms with Crippen molar-refractivity contribution in [2.45, 2.75) is 38.1 Å². The van der Waals surface area contributed by atoms with Gasteiger partial charge in [-0.2, -0.15) is 4.98 Å². The number of phenols is 1. The molecule has 0 saturated heterocycles. The number of anilines is 1. The number of nitro benzene ring substituents is 1. The third-order valence-electron chi connectivity index (χ3n) is 4.96. The summed E-state index contributed by atoms with van der Waals surface area (Å²) in [7, 11) is 0. The topological polar surface area (TPSA) is 133 Å². The summed E-state index contributed by atoms with van der Waals surface area (Å²) in [6.45, 7) is 3.94. The van der Waals surface area contributed by atoms with E-state index in [2.05, 4.69) is 27.4 Å². The molecule has 1 atom stereocenters. The average molecular weight is 470 g/mol. The summed E-state index contributed by atoms with van der Waals surface area (Å²) < 4.78 is 11.5. The van der Waals surface area contributed by atoms with Gasteiger partial charge < -0.3 is 19.9 Å². The second-order valence-electron chi connectivity index (χ2n) is 7.18. The molecule has 0 aliphatic carbocycles. The van der Waals surface area contributed by atoms with Gasteiger partial charge in [-0.15, -0.1) is 10.2 Å². The highest BCUT2D eigenvalue weighted by atomic mass is 32.2. The van der Waals surface area contributed by atoms with Crippen LogP contribution in [0.2, 0.25) is 0 Å². The molecule has 1 aliphatic heterocycles. The van der Waals surface area contributed by atoms with Crippen LogP contribution in [0.15, 0.2) is 41.6 Å². The van der Waals surface area contributed by atoms with Crippen LogP contribution in [-0.2, 0) is 0 Å². The summed E-state index contributed by atoms with van der Waals surface area (Å²) in [6.07, 6.45) is 1.07. The molecule has 10 nitrogen and oxygen atoms in total. The smallest absolute Gasteiger partial charge is 0.323 e. The zero-order valence-corrected chi connectivity index (χ0v) is 19.0. The van der Waals surface area contributed by atoms with Gasteiger partial charge in [-0.05, 0) is 31.5 Å². The summed E-state index contributed by atoms with van der Waals surface area (Å²) in [5, 5.41) is 34.4. The Kier molecular flexibility index (Phi) is 6.78. The Balaban J connectivity index is 1.82. The summed E-state index contributed by atoms with van der Waals surface area (Å²) in [4.78, 5) is 15.9. The van der Waals surface area contributed by atoms with Gasteiger partial charge in [-0.25, -0.2) is 0 Å². The van der Waals surface area contributed by atoms with Crippen molar-refractivity contribution in [2.75, 3.05) is 17.7 Å². The summed E-state index contributed by atoms with van der Waals surface area (Å²) in [5.74, 6) is 0.531. The number of fused-ring (bicyclic) bond motifs is 3. The number of ether oxygens (including phenoxy) is 2. The predicted octanol–water partition coefficient (Wildman–Crippen LogP) is 4.95. The van der Waals surface area contributed by atoms with E-state index < -0.39 is 11.2 Å². The minimum Gasteiger partial charge on any atom is -0.504 e. The van der Waals surface area contributed by atoms with Crippen LogP contribution in [0.5, 0.6) is 17.4 Å². The molecule has 2 N–H and O–H groups in total. The van der Waals surface area contributed by atoms with Crippen LogP contribution >= 0.6 is 11.8 Å². The zero-order chi connectivity index (χ0) is 23.4. The second-order valence-corrected chi connectivity index (χ2v) is 8.24. The first kappa shape index (κ1) is 22.6. The Labute approximate surface area is 194 Å². The summed E-state index contributed by atoms with van der Waals surface area (Å²) >= 11 is 1.48. The molecule has 11 heteroatoms. The van der Waals surface area contributed by atoms with Gasteiger partial charge in [0.1, 0.15) is 0 Å². The molecule has 1 unspecified atom stereocenters. The number of rotatable bonds is 8. The average Bonchev–Trinajstić information content (AvgIpc) is 2.97. The van der Waals surface area contributed by atoms with Crippen LogP contribution in [0.1, 0.15) is 38.5 Å². The summed E-state index contributed by atoms with van der Waals surface area (Å²) in [6, 6.07) is 10.1. The fourth-order valence-corrected chi connectivity index (χ4v) is 4.28. The number of nitrogens with one attached hydrogen (secondary N) is 1. The number of hydrogen-bond donors (Lipinski definition) is 2. The molecule has 33 heavy (non-hydrogen) atoms. The van der Waals surface area contributed by atoms with Crippen molar-refractivity contribution in [2.24, 2.45) is 0 Å². The SMILES string of the molecule is CCCCSc1nnc2c(n1)OC(c1ccc(O)c(OCC)c1[N+](=O)[O-])Nc1ccccc1-2. The number of nitrogens with zero attached hydrogens (tertiary/aromatic N) is 4. The molecule has 2 aromatic carbocycles. The number of nitro groups is 1. The maximum atomic E-state index is 12.0. The van der Waals surface area contributed by atoms with Gasteiger partial charge in [0.25, 0.3) is 0 Å². The molecule has 2 heterocycles. The number of aromatic hydroxyl groups is 1. The minimum absolute atomic E-state index is 0.151. The first-order valence-corrected chi connectivity index (χ1v) is 11.5. The molecular weight excluding hydrogens is 446 g/mol. The van der Waals surface area contributed by atoms with Crippen molar-refractivity contribution in [3.8, 4) is 28.6 Å². The molecule has 3 aromatic rings. The van der Waals surface area contributed by atoms with Crippen molar-refractivity contribution in [1.29, 1.82) is 0 Å². The van der Waals surface area contributed by atoms with E-state index in [0.717, 1.165) is 18.6 Å². The van der Waals surface area contributed by atoms with Crippen LogP contribution in [-0.4, -0.2) is 37.6 Å². The molecule has 172 valence electrons. The van der Waals surface area contributed by atoms with E-state index in [-0.39, 0.29) is 35.2 Å². The lowest BCUT2D eigenvalue weighted by atomic mass is 10.1. The molecule has 4 rings (SSSR count). The highest BCUT2D eigenvalue weighted by molar-refractivity contribution is 7.99. The molecule has 0 fully saturated rings. The van der Waals surface area contributed by atoms with E-state index in [1.165, 1.54) is 23.9 Å². The number of hydrogen-bond acceptors (Lipinski definition) is 10. The van der Waals surface area contributed by atoms with Crippen molar-refractivity contribution >= 4 is 23.1 Å². The maximum Gasteiger partial charge on any atom is 0.323 e. The molecule has 0 saturated carbocycles. The second kappa shape index (κ2) is 9.90. The first-order chi connectivity index (χ1) is 16.0. The van der Waals surface area contributed by atoms with Gasteiger partial charge in [0.2, 0.25) is 23.0 Å². The molecule has 0 radical (unpaired) electrons. The van der Waals surface area contributed by atoms with E-state index in [9.17, 15) is 15.2 Å². The van der Waals surface area contributed by atoms with Gasteiger partial charge in [0.15, 0.2) is 11.4 Å². The van der Waals surface area contributed by atoms with Crippen molar-refractivity contribution < 1.29 is 19.5 Å². The van der Waals surface area contributed by atoms with E-state index in [4.69, 9.17) is 9.47 Å². The van der Waals surface area contributed by atoms with Crippen molar-refractivity contribution in [3.05, 3.63) is 52.1 Å². The normalized spacial score (nSPS) is 14.3. The number of para-hydroxylation sites is 1. The Bertz CT molecular complexity index is 1180. The monoisotopic (exact) mass is 469 g/mol. The van der Waals surface area contributed by atoms with Gasteiger partial charge >= 0.3 is 5.69 Å². The van der Waals surface area contributed by atoms with E-state index in [0.29, 0.717) is 22.1 Å². The van der Waals surface area contributed by atoms with Crippen LogP contribution in [0.4, 0.5) is 11.4 Å². The first-order valence-electron chi connectivity index (χ1n) is 10.6. The largest absolute Gasteiger partial charge is 0.504 e. The van der Waals surface area contributed by atoms with Crippen LogP contribution in [0, 0.1) is 10.1 Å². The molecule has 0 bridgehead atoms. The number of benzene rings is 2. The zero-order valence-electron chi connectivity index (χ0n) is 18.1. The molecule has 0 spiro atoms. The number of unbranched alkanes of at least 4 members (excludes halogenated alkanes) is 1. The molecule has 1 aliphatic rings. The standard InChI is InChI=1S/C22H23N5O5S/c1-3-5-12-33-22-24-21-17(25-26-22)13-8-6-7-9-15(13)23-20(32-21)14-10-11-16(28)19(31-4-2)18(14)27(29)30/h6-11,20,23,28H,3-5,12H2,1-2H3. The lowest BCUT2D eigenvalue weighted by Crippen LogP contribution is -2.19. The van der Waals surface area contributed by atoms with Gasteiger partial charge in [0, 0.05) is 17.0 Å². The Morgan fingerprint density at radius 1 is 1.24 bits per heavy atom. The third kappa shape index (κ3) is 4.63. The van der Waals surface area contributed by atoms with Crippen LogP contribution in [0.3, 0.4) is 0 Å². The lowest BCUT2D eigenvalue weighted by Gasteiger charge is -2.20. The minimum atomic E-state index is -0.988. The van der Waals surface area contributed by atoms with Gasteiger partial charge in [0.05, 0.1) is 17.1 Å². The number of phenolic OH excluding ortho intramolecular Hbond substituents is 1. The van der Waals surface area contributed by atoms with E-state index in [1.807, 2.05) is 24.3 Å². The third-order valence-corrected chi connectivity index (χ3v) is 5.88. The highest BCUT2D eigenvalue weighted by Crippen LogP contribution is 2.45. The number of aromatic nitrogens is 3. The van der Waals surface area contributed by atoms with Crippen molar-refractivity contribution in [1.82, 2.24) is 15.2 Å². The van der Waals surface area contributed by atoms with Gasteiger partial charge in [-0.1, -0.05) is 43.3 Å². The molecule has 1 aromatic heterocycles. The predicted molar refractivity (Wildman–Crippen MR) is 124 cm³/mol. The van der Waals surface area contributed by atoms with Crippen LogP contribution in [0.25, 0.3) is 11.3 Å². The molecular formula is C22H23N5O5S. The number of thioether (sulfide) groups is 1.